The summed E-state index contributed by atoms with van der Waals surface area (Å²) in [5.74, 6) is 0.871. The molecule has 0 aliphatic carbocycles. The molecule has 0 amide bonds. The quantitative estimate of drug-likeness (QED) is 0.653. The minimum Gasteiger partial charge on any atom is -0.384 e. The van der Waals surface area contributed by atoms with E-state index in [0.717, 1.165) is 17.1 Å². The van der Waals surface area contributed by atoms with Crippen LogP contribution in [0.2, 0.25) is 0 Å². The summed E-state index contributed by atoms with van der Waals surface area (Å²) in [4.78, 5) is 10.3. The van der Waals surface area contributed by atoms with Crippen molar-refractivity contribution in [2.75, 3.05) is 11.9 Å². The number of non-ortho nitro benzene ring substituents is 1. The van der Waals surface area contributed by atoms with Crippen LogP contribution in [0.5, 0.6) is 0 Å². The molecule has 0 saturated carbocycles. The normalized spacial score (nSPS) is 10.4. The van der Waals surface area contributed by atoms with Crippen LogP contribution in [0, 0.1) is 17.0 Å². The molecule has 19 heavy (non-hydrogen) atoms. The lowest BCUT2D eigenvalue weighted by Gasteiger charge is -2.08. The zero-order valence-corrected chi connectivity index (χ0v) is 10.8. The highest BCUT2D eigenvalue weighted by atomic mass is 16.6. The molecule has 0 fully saturated rings. The molecule has 1 heterocycles. The van der Waals surface area contributed by atoms with Crippen LogP contribution >= 0.6 is 0 Å². The van der Waals surface area contributed by atoms with E-state index < -0.39 is 4.92 Å². The summed E-state index contributed by atoms with van der Waals surface area (Å²) in [5.41, 5.74) is 1.84. The van der Waals surface area contributed by atoms with Crippen LogP contribution < -0.4 is 5.32 Å². The predicted molar refractivity (Wildman–Crippen MR) is 71.0 cm³/mol. The van der Waals surface area contributed by atoms with E-state index in [1.165, 1.54) is 6.07 Å². The van der Waals surface area contributed by atoms with E-state index in [-0.39, 0.29) is 5.69 Å². The molecular weight excluding hydrogens is 246 g/mol. The summed E-state index contributed by atoms with van der Waals surface area (Å²) in [5, 5.41) is 21.7. The van der Waals surface area contributed by atoms with Crippen molar-refractivity contribution >= 4 is 11.4 Å². The lowest BCUT2D eigenvalue weighted by atomic mass is 10.2. The van der Waals surface area contributed by atoms with E-state index in [9.17, 15) is 10.1 Å². The third kappa shape index (κ3) is 3.06. The number of benzene rings is 1. The molecule has 0 aliphatic rings. The largest absolute Gasteiger partial charge is 0.384 e. The highest BCUT2D eigenvalue weighted by molar-refractivity contribution is 5.56. The first-order valence-corrected chi connectivity index (χ1v) is 5.89. The monoisotopic (exact) mass is 261 g/mol. The van der Waals surface area contributed by atoms with E-state index in [4.69, 9.17) is 0 Å². The molecule has 7 heteroatoms. The van der Waals surface area contributed by atoms with E-state index in [1.54, 1.807) is 18.5 Å². The first-order valence-electron chi connectivity index (χ1n) is 5.89. The van der Waals surface area contributed by atoms with Crippen LogP contribution in [0.15, 0.2) is 24.5 Å². The van der Waals surface area contributed by atoms with Gasteiger partial charge in [0.25, 0.3) is 5.69 Å². The first kappa shape index (κ1) is 13.0. The Balaban J connectivity index is 2.01. The van der Waals surface area contributed by atoms with Gasteiger partial charge in [0.15, 0.2) is 0 Å². The van der Waals surface area contributed by atoms with Crippen LogP contribution in [-0.2, 0) is 13.5 Å². The van der Waals surface area contributed by atoms with Gasteiger partial charge in [-0.1, -0.05) is 6.07 Å². The van der Waals surface area contributed by atoms with Crippen molar-refractivity contribution in [3.05, 3.63) is 46.0 Å². The molecule has 2 aromatic rings. The predicted octanol–water partition coefficient (Wildman–Crippen LogP) is 1.69. The highest BCUT2D eigenvalue weighted by Crippen LogP contribution is 2.21. The summed E-state index contributed by atoms with van der Waals surface area (Å²) < 4.78 is 1.85. The average molecular weight is 261 g/mol. The fraction of sp³-hybridized carbons (Fsp3) is 0.333. The third-order valence-corrected chi connectivity index (χ3v) is 2.90. The van der Waals surface area contributed by atoms with E-state index in [1.807, 2.05) is 18.5 Å². The zero-order valence-electron chi connectivity index (χ0n) is 10.8. The van der Waals surface area contributed by atoms with Gasteiger partial charge in [0, 0.05) is 37.8 Å². The lowest BCUT2D eigenvalue weighted by Crippen LogP contribution is -2.09. The van der Waals surface area contributed by atoms with Gasteiger partial charge in [0.2, 0.25) is 0 Å². The topological polar surface area (TPSA) is 85.9 Å². The molecule has 7 nitrogen and oxygen atoms in total. The van der Waals surface area contributed by atoms with E-state index in [0.29, 0.717) is 13.0 Å². The minimum atomic E-state index is -0.396. The highest BCUT2D eigenvalue weighted by Gasteiger charge is 2.08. The number of nitrogens with zero attached hydrogens (tertiary/aromatic N) is 4. The fourth-order valence-corrected chi connectivity index (χ4v) is 1.76. The summed E-state index contributed by atoms with van der Waals surface area (Å²) in [7, 11) is 1.88. The number of nitro groups is 1. The van der Waals surface area contributed by atoms with Gasteiger partial charge < -0.3 is 9.88 Å². The molecule has 2 rings (SSSR count). The van der Waals surface area contributed by atoms with Gasteiger partial charge in [-0.05, 0) is 12.5 Å². The number of aromatic nitrogens is 3. The molecule has 100 valence electrons. The second-order valence-corrected chi connectivity index (χ2v) is 4.29. The Labute approximate surface area is 110 Å². The molecule has 0 bridgehead atoms. The standard InChI is InChI=1S/C12H15N5O2/c1-9-3-4-10(17(18)19)7-11(9)13-6-5-12-15-14-8-16(12)2/h3-4,7-8,13H,5-6H2,1-2H3. The maximum absolute atomic E-state index is 10.7. The minimum absolute atomic E-state index is 0.0896. The maximum Gasteiger partial charge on any atom is 0.271 e. The van der Waals surface area contributed by atoms with Crippen molar-refractivity contribution in [2.24, 2.45) is 7.05 Å². The van der Waals surface area contributed by atoms with Crippen molar-refractivity contribution in [1.29, 1.82) is 0 Å². The smallest absolute Gasteiger partial charge is 0.271 e. The molecular formula is C12H15N5O2. The van der Waals surface area contributed by atoms with Crippen molar-refractivity contribution in [3.8, 4) is 0 Å². The Bertz CT molecular complexity index is 594. The molecule has 0 atom stereocenters. The number of aryl methyl sites for hydroxylation is 2. The maximum atomic E-state index is 10.7. The van der Waals surface area contributed by atoms with Gasteiger partial charge in [0.05, 0.1) is 4.92 Å². The van der Waals surface area contributed by atoms with Crippen molar-refractivity contribution in [3.63, 3.8) is 0 Å². The number of anilines is 1. The van der Waals surface area contributed by atoms with E-state index >= 15 is 0 Å². The third-order valence-electron chi connectivity index (χ3n) is 2.90. The lowest BCUT2D eigenvalue weighted by molar-refractivity contribution is -0.384. The second kappa shape index (κ2) is 5.47. The van der Waals surface area contributed by atoms with Crippen LogP contribution in [0.3, 0.4) is 0 Å². The fourth-order valence-electron chi connectivity index (χ4n) is 1.76. The molecule has 1 aromatic carbocycles. The SMILES string of the molecule is Cc1ccc([N+](=O)[O-])cc1NCCc1nncn1C. The van der Waals surface area contributed by atoms with Crippen LogP contribution in [0.25, 0.3) is 0 Å². The number of nitrogens with one attached hydrogen (secondary N) is 1. The molecule has 0 spiro atoms. The van der Waals surface area contributed by atoms with Crippen molar-refractivity contribution < 1.29 is 4.92 Å². The van der Waals surface area contributed by atoms with Gasteiger partial charge in [-0.15, -0.1) is 10.2 Å². The summed E-state index contributed by atoms with van der Waals surface area (Å²) in [6.07, 6.45) is 2.35. The Hall–Kier alpha value is -2.44. The summed E-state index contributed by atoms with van der Waals surface area (Å²) in [6, 6.07) is 4.79. The Morgan fingerprint density at radius 2 is 2.26 bits per heavy atom. The number of nitro benzene ring substituents is 1. The molecule has 0 aliphatic heterocycles. The van der Waals surface area contributed by atoms with Gasteiger partial charge in [-0.2, -0.15) is 0 Å². The molecule has 0 unspecified atom stereocenters. The summed E-state index contributed by atoms with van der Waals surface area (Å²) in [6.45, 7) is 2.56. The van der Waals surface area contributed by atoms with Gasteiger partial charge in [0.1, 0.15) is 12.2 Å². The Morgan fingerprint density at radius 3 is 2.89 bits per heavy atom. The van der Waals surface area contributed by atoms with Gasteiger partial charge >= 0.3 is 0 Å². The molecule has 1 N–H and O–H groups in total. The number of rotatable bonds is 5. The Morgan fingerprint density at radius 1 is 1.47 bits per heavy atom. The molecule has 1 aromatic heterocycles. The number of hydrogen-bond donors (Lipinski definition) is 1. The van der Waals surface area contributed by atoms with Crippen LogP contribution in [-0.4, -0.2) is 26.2 Å². The van der Waals surface area contributed by atoms with Crippen molar-refractivity contribution in [2.45, 2.75) is 13.3 Å². The average Bonchev–Trinajstić information content (AvgIpc) is 2.77. The molecule has 0 saturated heterocycles. The van der Waals surface area contributed by atoms with Crippen molar-refractivity contribution in [1.82, 2.24) is 14.8 Å². The van der Waals surface area contributed by atoms with E-state index in [2.05, 4.69) is 15.5 Å². The van der Waals surface area contributed by atoms with Crippen LogP contribution in [0.1, 0.15) is 11.4 Å². The first-order chi connectivity index (χ1) is 9.08. The van der Waals surface area contributed by atoms with Gasteiger partial charge in [-0.3, -0.25) is 10.1 Å². The van der Waals surface area contributed by atoms with Gasteiger partial charge in [-0.25, -0.2) is 0 Å². The second-order valence-electron chi connectivity index (χ2n) is 4.29. The summed E-state index contributed by atoms with van der Waals surface area (Å²) >= 11 is 0. The zero-order chi connectivity index (χ0) is 13.8. The molecule has 0 radical (unpaired) electrons. The Kier molecular flexibility index (Phi) is 3.74. The number of hydrogen-bond acceptors (Lipinski definition) is 5. The van der Waals surface area contributed by atoms with Crippen LogP contribution in [0.4, 0.5) is 11.4 Å².